The molecular weight excluding hydrogens is 456 g/mol. The number of aryl methyl sites for hydroxylation is 2. The lowest BCUT2D eigenvalue weighted by molar-refractivity contribution is 0.0938. The molecule has 0 aliphatic carbocycles. The molecule has 4 aromatic rings. The van der Waals surface area contributed by atoms with Crippen LogP contribution in [0, 0.1) is 13.8 Å². The van der Waals surface area contributed by atoms with Gasteiger partial charge >= 0.3 is 0 Å². The van der Waals surface area contributed by atoms with E-state index in [0.717, 1.165) is 58.5 Å². The summed E-state index contributed by atoms with van der Waals surface area (Å²) in [7, 11) is 1.67. The summed E-state index contributed by atoms with van der Waals surface area (Å²) in [6, 6.07) is 14.3. The number of thiazole rings is 1. The summed E-state index contributed by atoms with van der Waals surface area (Å²) < 4.78 is 7.49. The van der Waals surface area contributed by atoms with Gasteiger partial charge in [-0.15, -0.1) is 11.3 Å². The highest BCUT2D eigenvalue weighted by atomic mass is 32.1. The molecule has 0 saturated carbocycles. The smallest absolute Gasteiger partial charge is 0.253 e. The SMILES string of the molecule is CCC(C)NC(=O)c1cc(-c2csc(-c3ccc(C)nc3)n2)n(CCc2ccc(OC)cc2)c1C. The van der Waals surface area contributed by atoms with E-state index in [0.29, 0.717) is 5.56 Å². The predicted molar refractivity (Wildman–Crippen MR) is 142 cm³/mol. The fourth-order valence-corrected chi connectivity index (χ4v) is 4.73. The lowest BCUT2D eigenvalue weighted by atomic mass is 10.1. The third kappa shape index (κ3) is 5.62. The van der Waals surface area contributed by atoms with Crippen molar-refractivity contribution in [3.05, 3.63) is 76.6 Å². The summed E-state index contributed by atoms with van der Waals surface area (Å²) in [5.41, 5.74) is 6.64. The highest BCUT2D eigenvalue weighted by molar-refractivity contribution is 7.13. The highest BCUT2D eigenvalue weighted by Crippen LogP contribution is 2.32. The summed E-state index contributed by atoms with van der Waals surface area (Å²) in [4.78, 5) is 22.4. The van der Waals surface area contributed by atoms with Crippen LogP contribution in [0.4, 0.5) is 0 Å². The quantitative estimate of drug-likeness (QED) is 0.310. The van der Waals surface area contributed by atoms with E-state index in [9.17, 15) is 4.79 Å². The van der Waals surface area contributed by atoms with Crippen LogP contribution in [-0.4, -0.2) is 33.6 Å². The van der Waals surface area contributed by atoms with Gasteiger partial charge in [0, 0.05) is 41.1 Å². The summed E-state index contributed by atoms with van der Waals surface area (Å²) >= 11 is 1.59. The Balaban J connectivity index is 1.68. The zero-order valence-electron chi connectivity index (χ0n) is 21.0. The number of pyridine rings is 1. The van der Waals surface area contributed by atoms with Gasteiger partial charge in [-0.3, -0.25) is 9.78 Å². The first-order valence-corrected chi connectivity index (χ1v) is 12.8. The minimum atomic E-state index is -0.0421. The molecule has 4 rings (SSSR count). The maximum absolute atomic E-state index is 13.1. The number of nitrogens with zero attached hydrogens (tertiary/aromatic N) is 3. The lowest BCUT2D eigenvalue weighted by Gasteiger charge is -2.13. The van der Waals surface area contributed by atoms with Crippen LogP contribution in [0.25, 0.3) is 22.0 Å². The zero-order chi connectivity index (χ0) is 24.9. The summed E-state index contributed by atoms with van der Waals surface area (Å²) in [5, 5.41) is 6.08. The van der Waals surface area contributed by atoms with Gasteiger partial charge in [-0.1, -0.05) is 19.1 Å². The number of benzene rings is 1. The third-order valence-electron chi connectivity index (χ3n) is 6.31. The highest BCUT2D eigenvalue weighted by Gasteiger charge is 2.21. The molecule has 1 atom stereocenters. The molecule has 182 valence electrons. The molecule has 6 nitrogen and oxygen atoms in total. The second-order valence-electron chi connectivity index (χ2n) is 8.79. The Kier molecular flexibility index (Phi) is 7.66. The fraction of sp³-hybridized carbons (Fsp3) is 0.321. The number of methoxy groups -OCH3 is 1. The summed E-state index contributed by atoms with van der Waals surface area (Å²) in [5.74, 6) is 0.802. The first-order valence-electron chi connectivity index (χ1n) is 11.9. The van der Waals surface area contributed by atoms with Crippen LogP contribution in [-0.2, 0) is 13.0 Å². The second kappa shape index (κ2) is 10.9. The Morgan fingerprint density at radius 1 is 1.17 bits per heavy atom. The van der Waals surface area contributed by atoms with Crippen molar-refractivity contribution in [3.8, 4) is 27.7 Å². The van der Waals surface area contributed by atoms with E-state index >= 15 is 0 Å². The van der Waals surface area contributed by atoms with Gasteiger partial charge < -0.3 is 14.6 Å². The molecule has 0 fully saturated rings. The number of rotatable bonds is 9. The molecule has 0 radical (unpaired) electrons. The average Bonchev–Trinajstić information content (AvgIpc) is 3.48. The Bertz CT molecular complexity index is 1290. The van der Waals surface area contributed by atoms with Crippen molar-refractivity contribution in [2.75, 3.05) is 7.11 Å². The van der Waals surface area contributed by atoms with Crippen molar-refractivity contribution < 1.29 is 9.53 Å². The van der Waals surface area contributed by atoms with Gasteiger partial charge in [-0.25, -0.2) is 4.98 Å². The van der Waals surface area contributed by atoms with Crippen molar-refractivity contribution in [2.45, 2.75) is 53.1 Å². The van der Waals surface area contributed by atoms with Crippen LogP contribution >= 0.6 is 11.3 Å². The number of ether oxygens (including phenoxy) is 1. The Labute approximate surface area is 211 Å². The number of amides is 1. The first-order chi connectivity index (χ1) is 16.9. The molecule has 0 spiro atoms. The van der Waals surface area contributed by atoms with Crippen molar-refractivity contribution in [1.82, 2.24) is 19.9 Å². The molecule has 1 aromatic carbocycles. The van der Waals surface area contributed by atoms with Crippen LogP contribution in [0.3, 0.4) is 0 Å². The number of hydrogen-bond acceptors (Lipinski definition) is 5. The number of aromatic nitrogens is 3. The van der Waals surface area contributed by atoms with E-state index in [2.05, 4.69) is 39.3 Å². The van der Waals surface area contributed by atoms with E-state index in [1.807, 2.05) is 57.3 Å². The van der Waals surface area contributed by atoms with Crippen LogP contribution in [0.5, 0.6) is 5.75 Å². The minimum Gasteiger partial charge on any atom is -0.497 e. The fourth-order valence-electron chi connectivity index (χ4n) is 3.93. The maximum atomic E-state index is 13.1. The van der Waals surface area contributed by atoms with Crippen LogP contribution in [0.15, 0.2) is 54.0 Å². The number of nitrogens with one attached hydrogen (secondary N) is 1. The molecule has 0 bridgehead atoms. The Morgan fingerprint density at radius 3 is 2.60 bits per heavy atom. The molecule has 0 aliphatic rings. The molecule has 0 saturated heterocycles. The van der Waals surface area contributed by atoms with Crippen LogP contribution < -0.4 is 10.1 Å². The van der Waals surface area contributed by atoms with Gasteiger partial charge in [-0.2, -0.15) is 0 Å². The Morgan fingerprint density at radius 2 is 1.94 bits per heavy atom. The van der Waals surface area contributed by atoms with E-state index in [4.69, 9.17) is 9.72 Å². The molecule has 0 aliphatic heterocycles. The van der Waals surface area contributed by atoms with Crippen molar-refractivity contribution in [3.63, 3.8) is 0 Å². The van der Waals surface area contributed by atoms with Gasteiger partial charge in [0.1, 0.15) is 10.8 Å². The normalized spacial score (nSPS) is 11.9. The summed E-state index contributed by atoms with van der Waals surface area (Å²) in [6.07, 6.45) is 3.57. The van der Waals surface area contributed by atoms with Crippen molar-refractivity contribution in [2.24, 2.45) is 0 Å². The van der Waals surface area contributed by atoms with E-state index in [1.165, 1.54) is 5.56 Å². The van der Waals surface area contributed by atoms with Gasteiger partial charge in [0.15, 0.2) is 0 Å². The molecular formula is C28H32N4O2S. The Hall–Kier alpha value is -3.45. The lowest BCUT2D eigenvalue weighted by Crippen LogP contribution is -2.32. The summed E-state index contributed by atoms with van der Waals surface area (Å²) in [6.45, 7) is 8.82. The van der Waals surface area contributed by atoms with E-state index in [1.54, 1.807) is 18.4 Å². The van der Waals surface area contributed by atoms with Crippen LogP contribution in [0.2, 0.25) is 0 Å². The standard InChI is InChI=1S/C28H32N4O2S/c1-6-18(2)30-27(33)24-15-26(25-17-35-28(31-25)22-10-7-19(3)29-16-22)32(20(24)4)14-13-21-8-11-23(34-5)12-9-21/h7-12,15-18H,6,13-14H2,1-5H3,(H,30,33). The van der Waals surface area contributed by atoms with Gasteiger partial charge in [0.2, 0.25) is 0 Å². The molecule has 3 aromatic heterocycles. The predicted octanol–water partition coefficient (Wildman–Crippen LogP) is 6.07. The van der Waals surface area contributed by atoms with Gasteiger partial charge in [0.25, 0.3) is 5.91 Å². The van der Waals surface area contributed by atoms with Crippen molar-refractivity contribution in [1.29, 1.82) is 0 Å². The average molecular weight is 489 g/mol. The maximum Gasteiger partial charge on any atom is 0.253 e. The largest absolute Gasteiger partial charge is 0.497 e. The second-order valence-corrected chi connectivity index (χ2v) is 9.65. The van der Waals surface area contributed by atoms with E-state index < -0.39 is 0 Å². The van der Waals surface area contributed by atoms with Crippen molar-refractivity contribution >= 4 is 17.2 Å². The third-order valence-corrected chi connectivity index (χ3v) is 7.20. The molecule has 1 unspecified atom stereocenters. The van der Waals surface area contributed by atoms with Crippen LogP contribution in [0.1, 0.15) is 47.6 Å². The number of hydrogen-bond donors (Lipinski definition) is 1. The molecule has 3 heterocycles. The molecule has 1 amide bonds. The molecule has 7 heteroatoms. The first kappa shape index (κ1) is 24.7. The zero-order valence-corrected chi connectivity index (χ0v) is 21.8. The minimum absolute atomic E-state index is 0.0421. The van der Waals surface area contributed by atoms with Gasteiger partial charge in [0.05, 0.1) is 24.1 Å². The number of carbonyl (C=O) groups is 1. The molecule has 1 N–H and O–H groups in total. The number of carbonyl (C=O) groups excluding carboxylic acids is 1. The van der Waals surface area contributed by atoms with Gasteiger partial charge in [-0.05, 0) is 69.5 Å². The topological polar surface area (TPSA) is 69.0 Å². The van der Waals surface area contributed by atoms with E-state index in [-0.39, 0.29) is 11.9 Å². The molecule has 35 heavy (non-hydrogen) atoms. The monoisotopic (exact) mass is 488 g/mol.